The number of carbonyl (C=O) groups is 1. The quantitative estimate of drug-likeness (QED) is 0.520. The molecule has 1 aromatic rings. The highest BCUT2D eigenvalue weighted by Crippen LogP contribution is 2.20. The number of carboxylic acid groups (broad SMARTS) is 1. The van der Waals surface area contributed by atoms with Gasteiger partial charge in [-0.05, 0) is 31.0 Å². The van der Waals surface area contributed by atoms with Crippen LogP contribution in [0.1, 0.15) is 26.2 Å². The van der Waals surface area contributed by atoms with Crippen LogP contribution in [-0.4, -0.2) is 40.2 Å². The maximum Gasteiger partial charge on any atom is 0.303 e. The van der Waals surface area contributed by atoms with Gasteiger partial charge in [0.15, 0.2) is 0 Å². The Morgan fingerprint density at radius 2 is 1.92 bits per heavy atom. The van der Waals surface area contributed by atoms with Gasteiger partial charge in [-0.15, -0.1) is 0 Å². The van der Waals surface area contributed by atoms with E-state index in [0.717, 1.165) is 12.1 Å². The lowest BCUT2D eigenvalue weighted by atomic mass is 10.3. The first-order valence-corrected chi connectivity index (χ1v) is 10.2. The highest BCUT2D eigenvalue weighted by atomic mass is 32.2. The number of nitrogens with one attached hydrogen (secondary N) is 2. The third kappa shape index (κ3) is 6.42. The lowest BCUT2D eigenvalue weighted by molar-refractivity contribution is -0.137. The fourth-order valence-electron chi connectivity index (χ4n) is 1.76. The zero-order chi connectivity index (χ0) is 18.4. The van der Waals surface area contributed by atoms with Crippen LogP contribution < -0.4 is 9.44 Å². The summed E-state index contributed by atoms with van der Waals surface area (Å²) in [5, 5.41) is 8.48. The molecular weight excluding hydrogens is 363 g/mol. The first kappa shape index (κ1) is 20.3. The average molecular weight is 382 g/mol. The van der Waals surface area contributed by atoms with E-state index in [0.29, 0.717) is 12.5 Å². The second-order valence-electron chi connectivity index (χ2n) is 4.96. The fourth-order valence-corrected chi connectivity index (χ4v) is 3.99. The van der Waals surface area contributed by atoms with E-state index in [4.69, 9.17) is 5.11 Å². The average Bonchev–Trinajstić information content (AvgIpc) is 2.45. The Balaban J connectivity index is 2.84. The molecule has 24 heavy (non-hydrogen) atoms. The van der Waals surface area contributed by atoms with Gasteiger partial charge in [-0.2, -0.15) is 0 Å². The molecule has 0 heterocycles. The molecular formula is C13H19FN2O6S2. The number of carboxylic acids is 1. The van der Waals surface area contributed by atoms with Crippen molar-refractivity contribution in [3.63, 3.8) is 0 Å². The molecule has 0 atom stereocenters. The highest BCUT2D eigenvalue weighted by Gasteiger charge is 2.18. The van der Waals surface area contributed by atoms with Crippen molar-refractivity contribution in [2.24, 2.45) is 0 Å². The second-order valence-corrected chi connectivity index (χ2v) is 8.57. The topological polar surface area (TPSA) is 130 Å². The van der Waals surface area contributed by atoms with Gasteiger partial charge in [-0.3, -0.25) is 9.52 Å². The smallest absolute Gasteiger partial charge is 0.303 e. The summed E-state index contributed by atoms with van der Waals surface area (Å²) in [4.78, 5) is 9.97. The molecule has 0 radical (unpaired) electrons. The fraction of sp³-hybridized carbons (Fsp3) is 0.462. The molecule has 0 bridgehead atoms. The summed E-state index contributed by atoms with van der Waals surface area (Å²) in [6.07, 6.45) is 0.241. The van der Waals surface area contributed by atoms with Gasteiger partial charge >= 0.3 is 5.97 Å². The monoisotopic (exact) mass is 382 g/mol. The van der Waals surface area contributed by atoms with Crippen LogP contribution >= 0.6 is 0 Å². The van der Waals surface area contributed by atoms with Crippen LogP contribution in [0.2, 0.25) is 0 Å². The molecule has 8 nitrogen and oxygen atoms in total. The van der Waals surface area contributed by atoms with E-state index in [-0.39, 0.29) is 35.7 Å². The number of aliphatic carboxylic acids is 1. The van der Waals surface area contributed by atoms with E-state index in [9.17, 15) is 26.0 Å². The molecule has 1 aromatic carbocycles. The zero-order valence-electron chi connectivity index (χ0n) is 13.0. The summed E-state index contributed by atoms with van der Waals surface area (Å²) >= 11 is 0. The lowest BCUT2D eigenvalue weighted by Crippen LogP contribution is -2.25. The van der Waals surface area contributed by atoms with E-state index in [1.165, 1.54) is 0 Å². The molecule has 0 fully saturated rings. The minimum atomic E-state index is -4.01. The number of hydrogen-bond acceptors (Lipinski definition) is 5. The number of hydrogen-bond donors (Lipinski definition) is 3. The standard InChI is InChI=1S/C13H19FN2O6S2/c1-2-8-23(19,20)16-12-6-5-10(9-11(12)14)24(21,22)15-7-3-4-13(17)18/h5-6,9,15-16H,2-4,7-8H2,1H3,(H,17,18). The van der Waals surface area contributed by atoms with Gasteiger partial charge in [0.05, 0.1) is 16.3 Å². The Labute approximate surface area is 140 Å². The van der Waals surface area contributed by atoms with Crippen molar-refractivity contribution >= 4 is 31.7 Å². The summed E-state index contributed by atoms with van der Waals surface area (Å²) in [7, 11) is -7.70. The largest absolute Gasteiger partial charge is 0.481 e. The predicted molar refractivity (Wildman–Crippen MR) is 86.2 cm³/mol. The van der Waals surface area contributed by atoms with Crippen LogP contribution in [0.25, 0.3) is 0 Å². The Morgan fingerprint density at radius 3 is 2.46 bits per heavy atom. The first-order chi connectivity index (χ1) is 11.1. The minimum absolute atomic E-state index is 0.0892. The summed E-state index contributed by atoms with van der Waals surface area (Å²) in [6.45, 7) is 1.54. The molecule has 0 spiro atoms. The van der Waals surface area contributed by atoms with Crippen LogP contribution in [0.4, 0.5) is 10.1 Å². The Hall–Kier alpha value is -1.72. The van der Waals surface area contributed by atoms with Gasteiger partial charge in [-0.1, -0.05) is 6.92 Å². The van der Waals surface area contributed by atoms with Crippen LogP contribution in [0, 0.1) is 5.82 Å². The maximum atomic E-state index is 13.9. The van der Waals surface area contributed by atoms with Crippen molar-refractivity contribution in [1.29, 1.82) is 0 Å². The minimum Gasteiger partial charge on any atom is -0.481 e. The molecule has 1 rings (SSSR count). The van der Waals surface area contributed by atoms with Crippen molar-refractivity contribution in [1.82, 2.24) is 4.72 Å². The third-order valence-electron chi connectivity index (χ3n) is 2.85. The van der Waals surface area contributed by atoms with Crippen molar-refractivity contribution in [3.05, 3.63) is 24.0 Å². The number of rotatable bonds is 10. The normalized spacial score (nSPS) is 12.1. The first-order valence-electron chi connectivity index (χ1n) is 7.09. The van der Waals surface area contributed by atoms with E-state index < -0.39 is 31.8 Å². The van der Waals surface area contributed by atoms with Gasteiger partial charge < -0.3 is 5.11 Å². The van der Waals surface area contributed by atoms with Crippen LogP contribution in [0.3, 0.4) is 0 Å². The molecule has 11 heteroatoms. The van der Waals surface area contributed by atoms with Gasteiger partial charge in [0, 0.05) is 13.0 Å². The molecule has 0 aromatic heterocycles. The Kier molecular flexibility index (Phi) is 7.11. The van der Waals surface area contributed by atoms with Gasteiger partial charge in [0.2, 0.25) is 20.0 Å². The Bertz CT molecular complexity index is 793. The van der Waals surface area contributed by atoms with Crippen LogP contribution in [0.5, 0.6) is 0 Å². The molecule has 3 N–H and O–H groups in total. The molecule has 136 valence electrons. The lowest BCUT2D eigenvalue weighted by Gasteiger charge is -2.10. The summed E-state index contributed by atoms with van der Waals surface area (Å²) in [5.41, 5.74) is -0.340. The van der Waals surface area contributed by atoms with Crippen molar-refractivity contribution in [2.45, 2.75) is 31.1 Å². The van der Waals surface area contributed by atoms with Gasteiger partial charge in [-0.25, -0.2) is 25.9 Å². The number of benzene rings is 1. The summed E-state index contributed by atoms with van der Waals surface area (Å²) in [5.74, 6) is -2.26. The zero-order valence-corrected chi connectivity index (χ0v) is 14.6. The molecule has 0 saturated heterocycles. The molecule has 0 aliphatic carbocycles. The molecule has 0 amide bonds. The Morgan fingerprint density at radius 1 is 1.25 bits per heavy atom. The molecule has 0 unspecified atom stereocenters. The number of anilines is 1. The maximum absolute atomic E-state index is 13.9. The third-order valence-corrected chi connectivity index (χ3v) is 5.78. The van der Waals surface area contributed by atoms with Crippen molar-refractivity contribution in [3.8, 4) is 0 Å². The van der Waals surface area contributed by atoms with Gasteiger partial charge in [0.1, 0.15) is 5.82 Å². The molecule has 0 saturated carbocycles. The molecule has 0 aliphatic rings. The number of halogens is 1. The SMILES string of the molecule is CCCS(=O)(=O)Nc1ccc(S(=O)(=O)NCCCC(=O)O)cc1F. The highest BCUT2D eigenvalue weighted by molar-refractivity contribution is 7.92. The predicted octanol–water partition coefficient (Wildman–Crippen LogP) is 1.12. The van der Waals surface area contributed by atoms with Crippen LogP contribution in [0.15, 0.2) is 23.1 Å². The van der Waals surface area contributed by atoms with Crippen molar-refractivity contribution in [2.75, 3.05) is 17.0 Å². The van der Waals surface area contributed by atoms with Crippen molar-refractivity contribution < 1.29 is 31.1 Å². The van der Waals surface area contributed by atoms with E-state index in [2.05, 4.69) is 4.72 Å². The van der Waals surface area contributed by atoms with E-state index >= 15 is 0 Å². The summed E-state index contributed by atoms with van der Waals surface area (Å²) < 4.78 is 65.3. The van der Waals surface area contributed by atoms with E-state index in [1.807, 2.05) is 4.72 Å². The number of sulfonamides is 2. The van der Waals surface area contributed by atoms with E-state index in [1.54, 1.807) is 6.92 Å². The van der Waals surface area contributed by atoms with Gasteiger partial charge in [0.25, 0.3) is 0 Å². The summed E-state index contributed by atoms with van der Waals surface area (Å²) in [6, 6.07) is 2.78. The second kappa shape index (κ2) is 8.40. The van der Waals surface area contributed by atoms with Crippen LogP contribution in [-0.2, 0) is 24.8 Å². The molecule has 0 aliphatic heterocycles.